The highest BCUT2D eigenvalue weighted by atomic mass is 19.1. The maximum absolute atomic E-state index is 12.9. The molecular weight excluding hydrogens is 216 g/mol. The third-order valence-corrected chi connectivity index (χ3v) is 2.03. The van der Waals surface area contributed by atoms with Crippen LogP contribution in [0.5, 0.6) is 5.75 Å². The summed E-state index contributed by atoms with van der Waals surface area (Å²) in [7, 11) is 0. The molecule has 3 nitrogen and oxygen atoms in total. The highest BCUT2D eigenvalue weighted by molar-refractivity contribution is 5.29. The molecule has 0 amide bonds. The molecule has 1 rings (SSSR count). The van der Waals surface area contributed by atoms with E-state index in [2.05, 4.69) is 5.32 Å². The van der Waals surface area contributed by atoms with Gasteiger partial charge < -0.3 is 15.2 Å². The van der Waals surface area contributed by atoms with Crippen molar-refractivity contribution in [3.05, 3.63) is 29.3 Å². The molecule has 1 aromatic carbocycles. The summed E-state index contributed by atoms with van der Waals surface area (Å²) in [6.45, 7) is 4.04. The van der Waals surface area contributed by atoms with Crippen LogP contribution in [0.1, 0.15) is 12.5 Å². The van der Waals surface area contributed by atoms with Crippen LogP contribution in [0.4, 0.5) is 8.78 Å². The van der Waals surface area contributed by atoms with E-state index in [0.29, 0.717) is 31.9 Å². The quantitative estimate of drug-likeness (QED) is 0.733. The second-order valence-corrected chi connectivity index (χ2v) is 3.28. The van der Waals surface area contributed by atoms with Crippen molar-refractivity contribution in [3.8, 4) is 5.75 Å². The SMILES string of the molecule is CCOCCNCc1cc(F)c(O)c(F)c1. The van der Waals surface area contributed by atoms with E-state index in [1.54, 1.807) is 0 Å². The second kappa shape index (κ2) is 6.40. The van der Waals surface area contributed by atoms with Crippen molar-refractivity contribution >= 4 is 0 Å². The molecule has 0 aliphatic carbocycles. The molecule has 0 heterocycles. The third-order valence-electron chi connectivity index (χ3n) is 2.03. The third kappa shape index (κ3) is 3.75. The number of rotatable bonds is 6. The largest absolute Gasteiger partial charge is 0.503 e. The minimum absolute atomic E-state index is 0.335. The van der Waals surface area contributed by atoms with Crippen LogP contribution in [0.15, 0.2) is 12.1 Å². The van der Waals surface area contributed by atoms with Crippen molar-refractivity contribution < 1.29 is 18.6 Å². The van der Waals surface area contributed by atoms with Gasteiger partial charge in [0.1, 0.15) is 0 Å². The molecule has 2 N–H and O–H groups in total. The standard InChI is InChI=1S/C11H15F2NO2/c1-2-16-4-3-14-7-8-5-9(12)11(15)10(13)6-8/h5-6,14-15H,2-4,7H2,1H3. The van der Waals surface area contributed by atoms with Crippen molar-refractivity contribution in [2.45, 2.75) is 13.5 Å². The smallest absolute Gasteiger partial charge is 0.187 e. The summed E-state index contributed by atoms with van der Waals surface area (Å²) < 4.78 is 30.9. The number of phenolic OH excluding ortho intramolecular Hbond substituents is 1. The normalized spacial score (nSPS) is 10.7. The number of benzene rings is 1. The molecule has 0 radical (unpaired) electrons. The molecule has 0 bridgehead atoms. The van der Waals surface area contributed by atoms with Crippen LogP contribution >= 0.6 is 0 Å². The van der Waals surface area contributed by atoms with Gasteiger partial charge in [-0.1, -0.05) is 0 Å². The lowest BCUT2D eigenvalue weighted by Crippen LogP contribution is -2.19. The maximum Gasteiger partial charge on any atom is 0.187 e. The zero-order valence-electron chi connectivity index (χ0n) is 9.09. The van der Waals surface area contributed by atoms with E-state index in [1.807, 2.05) is 6.92 Å². The average Bonchev–Trinajstić information content (AvgIpc) is 2.25. The van der Waals surface area contributed by atoms with E-state index >= 15 is 0 Å². The molecular formula is C11H15F2NO2. The Bertz CT molecular complexity index is 322. The summed E-state index contributed by atoms with van der Waals surface area (Å²) in [6.07, 6.45) is 0. The van der Waals surface area contributed by atoms with Crippen LogP contribution in [-0.4, -0.2) is 24.9 Å². The first-order valence-corrected chi connectivity index (χ1v) is 5.10. The molecule has 5 heteroatoms. The summed E-state index contributed by atoms with van der Waals surface area (Å²) in [5.41, 5.74) is 0.448. The highest BCUT2D eigenvalue weighted by Gasteiger charge is 2.08. The number of hydrogen-bond acceptors (Lipinski definition) is 3. The van der Waals surface area contributed by atoms with Crippen molar-refractivity contribution in [2.24, 2.45) is 0 Å². The zero-order valence-corrected chi connectivity index (χ0v) is 9.09. The van der Waals surface area contributed by atoms with Crippen LogP contribution in [0.3, 0.4) is 0 Å². The second-order valence-electron chi connectivity index (χ2n) is 3.28. The van der Waals surface area contributed by atoms with Gasteiger partial charge in [-0.05, 0) is 24.6 Å². The highest BCUT2D eigenvalue weighted by Crippen LogP contribution is 2.21. The fourth-order valence-corrected chi connectivity index (χ4v) is 1.24. The first-order valence-electron chi connectivity index (χ1n) is 5.10. The lowest BCUT2D eigenvalue weighted by Gasteiger charge is -2.06. The fraction of sp³-hybridized carbons (Fsp3) is 0.455. The van der Waals surface area contributed by atoms with Crippen molar-refractivity contribution in [2.75, 3.05) is 19.8 Å². The van der Waals surface area contributed by atoms with E-state index in [1.165, 1.54) is 0 Å². The van der Waals surface area contributed by atoms with E-state index in [-0.39, 0.29) is 0 Å². The number of aromatic hydroxyl groups is 1. The number of halogens is 2. The van der Waals surface area contributed by atoms with Crippen LogP contribution in [0.2, 0.25) is 0 Å². The molecule has 0 fully saturated rings. The Hall–Kier alpha value is -1.20. The van der Waals surface area contributed by atoms with Crippen LogP contribution < -0.4 is 5.32 Å². The Labute approximate surface area is 93.0 Å². The Morgan fingerprint density at radius 2 is 1.94 bits per heavy atom. The van der Waals surface area contributed by atoms with Crippen LogP contribution in [-0.2, 0) is 11.3 Å². The van der Waals surface area contributed by atoms with Gasteiger partial charge in [0, 0.05) is 19.7 Å². The van der Waals surface area contributed by atoms with Crippen LogP contribution in [0, 0.1) is 11.6 Å². The van der Waals surface area contributed by atoms with E-state index in [0.717, 1.165) is 12.1 Å². The lowest BCUT2D eigenvalue weighted by molar-refractivity contribution is 0.149. The molecule has 0 atom stereocenters. The first kappa shape index (κ1) is 12.9. The monoisotopic (exact) mass is 231 g/mol. The summed E-state index contributed by atoms with van der Waals surface area (Å²) in [6, 6.07) is 2.21. The van der Waals surface area contributed by atoms with Gasteiger partial charge in [-0.3, -0.25) is 0 Å². The maximum atomic E-state index is 12.9. The van der Waals surface area contributed by atoms with Gasteiger partial charge in [0.25, 0.3) is 0 Å². The molecule has 0 saturated heterocycles. The summed E-state index contributed by atoms with van der Waals surface area (Å²) in [5.74, 6) is -2.82. The zero-order chi connectivity index (χ0) is 12.0. The average molecular weight is 231 g/mol. The van der Waals surface area contributed by atoms with Gasteiger partial charge in [-0.25, -0.2) is 8.78 Å². The lowest BCUT2D eigenvalue weighted by atomic mass is 10.2. The van der Waals surface area contributed by atoms with Gasteiger partial charge in [-0.15, -0.1) is 0 Å². The summed E-state index contributed by atoms with van der Waals surface area (Å²) >= 11 is 0. The minimum atomic E-state index is -0.943. The molecule has 90 valence electrons. The molecule has 16 heavy (non-hydrogen) atoms. The number of ether oxygens (including phenoxy) is 1. The summed E-state index contributed by atoms with van der Waals surface area (Å²) in [5, 5.41) is 11.9. The Kier molecular flexibility index (Phi) is 5.14. The van der Waals surface area contributed by atoms with Gasteiger partial charge in [0.2, 0.25) is 0 Å². The van der Waals surface area contributed by atoms with Gasteiger partial charge in [-0.2, -0.15) is 0 Å². The van der Waals surface area contributed by atoms with Gasteiger partial charge in [0.15, 0.2) is 17.4 Å². The van der Waals surface area contributed by atoms with Crippen molar-refractivity contribution in [1.82, 2.24) is 5.32 Å². The van der Waals surface area contributed by atoms with E-state index in [9.17, 15) is 8.78 Å². The minimum Gasteiger partial charge on any atom is -0.503 e. The molecule has 0 aliphatic heterocycles. The van der Waals surface area contributed by atoms with E-state index in [4.69, 9.17) is 9.84 Å². The molecule has 0 aromatic heterocycles. The number of hydrogen-bond donors (Lipinski definition) is 2. The Balaban J connectivity index is 2.43. The summed E-state index contributed by atoms with van der Waals surface area (Å²) in [4.78, 5) is 0. The fourth-order valence-electron chi connectivity index (χ4n) is 1.24. The van der Waals surface area contributed by atoms with Gasteiger partial charge >= 0.3 is 0 Å². The van der Waals surface area contributed by atoms with Gasteiger partial charge in [0.05, 0.1) is 6.61 Å². The first-order chi connectivity index (χ1) is 7.65. The molecule has 0 unspecified atom stereocenters. The van der Waals surface area contributed by atoms with E-state index < -0.39 is 17.4 Å². The van der Waals surface area contributed by atoms with Crippen LogP contribution in [0.25, 0.3) is 0 Å². The van der Waals surface area contributed by atoms with Crippen molar-refractivity contribution in [3.63, 3.8) is 0 Å². The predicted molar refractivity (Wildman–Crippen MR) is 56.2 cm³/mol. The molecule has 0 saturated carbocycles. The molecule has 1 aromatic rings. The molecule has 0 spiro atoms. The topological polar surface area (TPSA) is 41.5 Å². The number of phenols is 1. The number of nitrogens with one attached hydrogen (secondary N) is 1. The molecule has 0 aliphatic rings. The Morgan fingerprint density at radius 3 is 2.50 bits per heavy atom. The predicted octanol–water partition coefficient (Wildman–Crippen LogP) is 1.80. The van der Waals surface area contributed by atoms with Crippen molar-refractivity contribution in [1.29, 1.82) is 0 Å². The Morgan fingerprint density at radius 1 is 1.31 bits per heavy atom.